The van der Waals surface area contributed by atoms with Crippen molar-refractivity contribution in [3.8, 4) is 11.4 Å². The number of nitrogens with zero attached hydrogens (tertiary/aromatic N) is 2. The maximum Gasteiger partial charge on any atom is 0.254 e. The van der Waals surface area contributed by atoms with E-state index in [9.17, 15) is 4.79 Å². The molecule has 120 valence electrons. The van der Waals surface area contributed by atoms with E-state index in [0.717, 1.165) is 11.1 Å². The molecule has 0 fully saturated rings. The second kappa shape index (κ2) is 7.23. The van der Waals surface area contributed by atoms with Gasteiger partial charge in [0.1, 0.15) is 0 Å². The number of hydrogen-bond donors (Lipinski definition) is 1. The van der Waals surface area contributed by atoms with Gasteiger partial charge in [-0.15, -0.1) is 0 Å². The topological polar surface area (TPSA) is 54.9 Å². The Morgan fingerprint density at radius 2 is 1.75 bits per heavy atom. The van der Waals surface area contributed by atoms with Gasteiger partial charge in [0.05, 0.1) is 11.6 Å². The Hall–Kier alpha value is -2.72. The fourth-order valence-electron chi connectivity index (χ4n) is 2.32. The number of nitrogens with one attached hydrogen (secondary N) is 1. The SMILES string of the molecule is CC(NC(=O)c1cnc(-c2ccccc2)nc1)c1cccc(Cl)c1. The molecule has 3 rings (SSSR count). The van der Waals surface area contributed by atoms with E-state index in [2.05, 4.69) is 15.3 Å². The second-order valence-corrected chi connectivity index (χ2v) is 5.85. The van der Waals surface area contributed by atoms with Gasteiger partial charge in [-0.05, 0) is 24.6 Å². The standard InChI is InChI=1S/C19H16ClN3O/c1-13(15-8-5-9-17(20)10-15)23-19(24)16-11-21-18(22-12-16)14-6-3-2-4-7-14/h2-13H,1H3,(H,23,24). The van der Waals surface area contributed by atoms with Crippen molar-refractivity contribution >= 4 is 17.5 Å². The number of carbonyl (C=O) groups is 1. The number of amides is 1. The summed E-state index contributed by atoms with van der Waals surface area (Å²) in [5.41, 5.74) is 2.28. The van der Waals surface area contributed by atoms with Gasteiger partial charge in [-0.1, -0.05) is 54.1 Å². The third-order valence-corrected chi connectivity index (χ3v) is 3.88. The predicted octanol–water partition coefficient (Wildman–Crippen LogP) is 4.29. The molecule has 0 spiro atoms. The van der Waals surface area contributed by atoms with E-state index in [1.165, 1.54) is 12.4 Å². The van der Waals surface area contributed by atoms with Gasteiger partial charge in [0.25, 0.3) is 5.91 Å². The van der Waals surface area contributed by atoms with Gasteiger partial charge in [-0.3, -0.25) is 4.79 Å². The monoisotopic (exact) mass is 337 g/mol. The highest BCUT2D eigenvalue weighted by atomic mass is 35.5. The van der Waals surface area contributed by atoms with Crippen molar-refractivity contribution in [3.05, 3.63) is 83.1 Å². The lowest BCUT2D eigenvalue weighted by molar-refractivity contribution is 0.0939. The van der Waals surface area contributed by atoms with E-state index >= 15 is 0 Å². The van der Waals surface area contributed by atoms with Crippen LogP contribution in [-0.4, -0.2) is 15.9 Å². The van der Waals surface area contributed by atoms with Gasteiger partial charge in [0.2, 0.25) is 0 Å². The third-order valence-electron chi connectivity index (χ3n) is 3.64. The summed E-state index contributed by atoms with van der Waals surface area (Å²) in [6, 6.07) is 16.9. The van der Waals surface area contributed by atoms with Crippen molar-refractivity contribution < 1.29 is 4.79 Å². The predicted molar refractivity (Wildman–Crippen MR) is 94.8 cm³/mol. The second-order valence-electron chi connectivity index (χ2n) is 5.41. The summed E-state index contributed by atoms with van der Waals surface area (Å²) in [6.07, 6.45) is 3.07. The Labute approximate surface area is 145 Å². The Bertz CT molecular complexity index is 835. The van der Waals surface area contributed by atoms with Crippen LogP contribution in [0.25, 0.3) is 11.4 Å². The van der Waals surface area contributed by atoms with Crippen LogP contribution >= 0.6 is 11.6 Å². The van der Waals surface area contributed by atoms with Gasteiger partial charge in [-0.2, -0.15) is 0 Å². The molecular weight excluding hydrogens is 322 g/mol. The van der Waals surface area contributed by atoms with E-state index in [-0.39, 0.29) is 11.9 Å². The molecule has 5 heteroatoms. The lowest BCUT2D eigenvalue weighted by Gasteiger charge is -2.14. The van der Waals surface area contributed by atoms with Crippen molar-refractivity contribution in [2.45, 2.75) is 13.0 Å². The highest BCUT2D eigenvalue weighted by molar-refractivity contribution is 6.30. The molecule has 1 amide bonds. The van der Waals surface area contributed by atoms with Gasteiger partial charge in [0.15, 0.2) is 5.82 Å². The summed E-state index contributed by atoms with van der Waals surface area (Å²) in [4.78, 5) is 20.9. The van der Waals surface area contributed by atoms with Gasteiger partial charge in [-0.25, -0.2) is 9.97 Å². The average Bonchev–Trinajstić information content (AvgIpc) is 2.62. The fraction of sp³-hybridized carbons (Fsp3) is 0.105. The maximum absolute atomic E-state index is 12.3. The van der Waals surface area contributed by atoms with E-state index in [1.54, 1.807) is 6.07 Å². The van der Waals surface area contributed by atoms with Crippen molar-refractivity contribution in [1.82, 2.24) is 15.3 Å². The largest absolute Gasteiger partial charge is 0.345 e. The number of hydrogen-bond acceptors (Lipinski definition) is 3. The zero-order chi connectivity index (χ0) is 16.9. The lowest BCUT2D eigenvalue weighted by atomic mass is 10.1. The number of halogens is 1. The minimum atomic E-state index is -0.220. The first-order valence-corrected chi connectivity index (χ1v) is 7.95. The summed E-state index contributed by atoms with van der Waals surface area (Å²) in [6.45, 7) is 1.91. The molecule has 0 bridgehead atoms. The Morgan fingerprint density at radius 1 is 1.04 bits per heavy atom. The zero-order valence-corrected chi connectivity index (χ0v) is 13.9. The molecule has 1 heterocycles. The highest BCUT2D eigenvalue weighted by Crippen LogP contribution is 2.18. The number of rotatable bonds is 4. The summed E-state index contributed by atoms with van der Waals surface area (Å²) in [5.74, 6) is 0.372. The van der Waals surface area contributed by atoms with Crippen LogP contribution in [0.15, 0.2) is 67.0 Å². The summed E-state index contributed by atoms with van der Waals surface area (Å²) < 4.78 is 0. The first-order chi connectivity index (χ1) is 11.6. The Morgan fingerprint density at radius 3 is 2.42 bits per heavy atom. The minimum Gasteiger partial charge on any atom is -0.345 e. The van der Waals surface area contributed by atoms with Gasteiger partial charge >= 0.3 is 0 Å². The maximum atomic E-state index is 12.3. The molecule has 1 aromatic heterocycles. The van der Waals surface area contributed by atoms with Crippen LogP contribution in [0, 0.1) is 0 Å². The molecule has 0 saturated heterocycles. The molecular formula is C19H16ClN3O. The lowest BCUT2D eigenvalue weighted by Crippen LogP contribution is -2.26. The molecule has 0 radical (unpaired) electrons. The number of benzene rings is 2. The summed E-state index contributed by atoms with van der Waals surface area (Å²) >= 11 is 5.99. The van der Waals surface area contributed by atoms with Crippen molar-refractivity contribution in [1.29, 1.82) is 0 Å². The van der Waals surface area contributed by atoms with Crippen LogP contribution in [0.3, 0.4) is 0 Å². The molecule has 1 unspecified atom stereocenters. The third kappa shape index (κ3) is 3.78. The molecule has 0 aliphatic heterocycles. The Kier molecular flexibility index (Phi) is 4.87. The fourth-order valence-corrected chi connectivity index (χ4v) is 2.52. The van der Waals surface area contributed by atoms with E-state index < -0.39 is 0 Å². The minimum absolute atomic E-state index is 0.162. The molecule has 1 atom stereocenters. The number of carbonyl (C=O) groups excluding carboxylic acids is 1. The van der Waals surface area contributed by atoms with Crippen LogP contribution in [0.2, 0.25) is 5.02 Å². The van der Waals surface area contributed by atoms with Crippen molar-refractivity contribution in [2.75, 3.05) is 0 Å². The molecule has 0 aliphatic carbocycles. The zero-order valence-electron chi connectivity index (χ0n) is 13.1. The van der Waals surface area contributed by atoms with Crippen LogP contribution < -0.4 is 5.32 Å². The van der Waals surface area contributed by atoms with Crippen molar-refractivity contribution in [3.63, 3.8) is 0 Å². The number of aromatic nitrogens is 2. The van der Waals surface area contributed by atoms with Crippen LogP contribution in [-0.2, 0) is 0 Å². The quantitative estimate of drug-likeness (QED) is 0.772. The first-order valence-electron chi connectivity index (χ1n) is 7.57. The van der Waals surface area contributed by atoms with Crippen molar-refractivity contribution in [2.24, 2.45) is 0 Å². The molecule has 3 aromatic rings. The summed E-state index contributed by atoms with van der Waals surface area (Å²) in [7, 11) is 0. The molecule has 1 N–H and O–H groups in total. The molecule has 24 heavy (non-hydrogen) atoms. The molecule has 4 nitrogen and oxygen atoms in total. The first kappa shape index (κ1) is 16.1. The summed E-state index contributed by atoms with van der Waals surface area (Å²) in [5, 5.41) is 3.56. The molecule has 0 aliphatic rings. The van der Waals surface area contributed by atoms with Gasteiger partial charge in [0, 0.05) is 23.0 Å². The normalized spacial score (nSPS) is 11.8. The van der Waals surface area contributed by atoms with Gasteiger partial charge < -0.3 is 5.32 Å². The Balaban J connectivity index is 1.71. The van der Waals surface area contributed by atoms with Crippen LogP contribution in [0.5, 0.6) is 0 Å². The van der Waals surface area contributed by atoms with Crippen LogP contribution in [0.4, 0.5) is 0 Å². The molecule has 2 aromatic carbocycles. The van der Waals surface area contributed by atoms with Crippen LogP contribution in [0.1, 0.15) is 28.9 Å². The van der Waals surface area contributed by atoms with E-state index in [1.807, 2.05) is 55.5 Å². The van der Waals surface area contributed by atoms with E-state index in [4.69, 9.17) is 11.6 Å². The smallest absolute Gasteiger partial charge is 0.254 e. The highest BCUT2D eigenvalue weighted by Gasteiger charge is 2.13. The van der Waals surface area contributed by atoms with E-state index in [0.29, 0.717) is 16.4 Å². The molecule has 0 saturated carbocycles. The average molecular weight is 338 g/mol.